The number of para-hydroxylation sites is 1. The van der Waals surface area contributed by atoms with Crippen LogP contribution in [0.25, 0.3) is 116 Å². The van der Waals surface area contributed by atoms with Crippen molar-refractivity contribution in [3.8, 4) is 51.0 Å². The lowest BCUT2D eigenvalue weighted by atomic mass is 9.98. The zero-order valence-electron chi connectivity index (χ0n) is 31.2. The van der Waals surface area contributed by atoms with Crippen LogP contribution in [0.2, 0.25) is 0 Å². The van der Waals surface area contributed by atoms with E-state index in [0.717, 1.165) is 66.5 Å². The quantitative estimate of drug-likeness (QED) is 0.176. The van der Waals surface area contributed by atoms with Gasteiger partial charge in [-0.1, -0.05) is 140 Å². The normalized spacial score (nSPS) is 11.8. The molecule has 3 heterocycles. The van der Waals surface area contributed by atoms with E-state index >= 15 is 0 Å². The Hall–Kier alpha value is -7.89. The number of benzene rings is 9. The van der Waals surface area contributed by atoms with E-state index in [-0.39, 0.29) is 0 Å². The van der Waals surface area contributed by atoms with Crippen molar-refractivity contribution < 1.29 is 4.42 Å². The van der Waals surface area contributed by atoms with E-state index in [1.54, 1.807) is 0 Å². The van der Waals surface area contributed by atoms with Crippen LogP contribution in [0.15, 0.2) is 199 Å². The lowest BCUT2D eigenvalue weighted by Crippen LogP contribution is -2.02. The standard InChI is InChI=1S/C53H32N4O/c1-3-14-34(15-4-1)51-54-52(35-16-5-2-6-17-35)56-53(55-51)39-25-27-45(43(30-39)38-23-26-42-41-21-11-12-22-48(41)58-49(42)32-38)57-46-28-24-33-13-9-10-20-40(33)50(46)44-29-36-18-7-8-19-37(36)31-47(44)57/h1-32H. The van der Waals surface area contributed by atoms with Crippen molar-refractivity contribution in [3.63, 3.8) is 0 Å². The predicted molar refractivity (Wildman–Crippen MR) is 238 cm³/mol. The topological polar surface area (TPSA) is 56.7 Å². The van der Waals surface area contributed by atoms with Crippen LogP contribution in [-0.4, -0.2) is 19.5 Å². The third kappa shape index (κ3) is 5.14. The highest BCUT2D eigenvalue weighted by Crippen LogP contribution is 2.43. The molecule has 270 valence electrons. The molecule has 12 rings (SSSR count). The van der Waals surface area contributed by atoms with Gasteiger partial charge in [0.05, 0.1) is 16.7 Å². The number of hydrogen-bond acceptors (Lipinski definition) is 4. The maximum Gasteiger partial charge on any atom is 0.164 e. The third-order valence-electron chi connectivity index (χ3n) is 11.4. The molecular formula is C53H32N4O. The first-order valence-electron chi connectivity index (χ1n) is 19.5. The van der Waals surface area contributed by atoms with Crippen molar-refractivity contribution in [3.05, 3.63) is 194 Å². The van der Waals surface area contributed by atoms with Crippen molar-refractivity contribution in [2.45, 2.75) is 0 Å². The van der Waals surface area contributed by atoms with E-state index in [1.165, 1.54) is 32.3 Å². The number of nitrogens with zero attached hydrogens (tertiary/aromatic N) is 4. The number of furan rings is 1. The second-order valence-electron chi connectivity index (χ2n) is 14.8. The number of rotatable bonds is 5. The molecule has 5 nitrogen and oxygen atoms in total. The van der Waals surface area contributed by atoms with Gasteiger partial charge in [-0.25, -0.2) is 15.0 Å². The Morgan fingerprint density at radius 1 is 0.345 bits per heavy atom. The minimum absolute atomic E-state index is 0.601. The average molecular weight is 741 g/mol. The fourth-order valence-electron chi connectivity index (χ4n) is 8.66. The molecular weight excluding hydrogens is 709 g/mol. The summed E-state index contributed by atoms with van der Waals surface area (Å²) in [7, 11) is 0. The van der Waals surface area contributed by atoms with Gasteiger partial charge >= 0.3 is 0 Å². The summed E-state index contributed by atoms with van der Waals surface area (Å²) >= 11 is 0. The minimum Gasteiger partial charge on any atom is -0.456 e. The first kappa shape index (κ1) is 32.4. The van der Waals surface area contributed by atoms with Crippen LogP contribution in [0.4, 0.5) is 0 Å². The van der Waals surface area contributed by atoms with Gasteiger partial charge in [0.1, 0.15) is 11.2 Å². The zero-order chi connectivity index (χ0) is 38.2. The first-order valence-corrected chi connectivity index (χ1v) is 19.5. The summed E-state index contributed by atoms with van der Waals surface area (Å²) in [5.74, 6) is 1.85. The molecule has 0 aliphatic carbocycles. The minimum atomic E-state index is 0.601. The first-order chi connectivity index (χ1) is 28.7. The second-order valence-corrected chi connectivity index (χ2v) is 14.8. The predicted octanol–water partition coefficient (Wildman–Crippen LogP) is 13.8. The molecule has 0 spiro atoms. The van der Waals surface area contributed by atoms with E-state index in [1.807, 2.05) is 72.8 Å². The Labute approximate surface area is 333 Å². The average Bonchev–Trinajstić information content (AvgIpc) is 3.83. The van der Waals surface area contributed by atoms with E-state index in [2.05, 4.69) is 126 Å². The van der Waals surface area contributed by atoms with Crippen molar-refractivity contribution in [2.75, 3.05) is 0 Å². The summed E-state index contributed by atoms with van der Waals surface area (Å²) in [4.78, 5) is 15.2. The second kappa shape index (κ2) is 12.8. The summed E-state index contributed by atoms with van der Waals surface area (Å²) < 4.78 is 8.92. The summed E-state index contributed by atoms with van der Waals surface area (Å²) in [6, 6.07) is 68.2. The van der Waals surface area contributed by atoms with Crippen LogP contribution in [0, 0.1) is 0 Å². The lowest BCUT2D eigenvalue weighted by molar-refractivity contribution is 0.669. The molecule has 0 N–H and O–H groups in total. The van der Waals surface area contributed by atoms with Crippen LogP contribution >= 0.6 is 0 Å². The number of fused-ring (bicyclic) bond motifs is 9. The highest BCUT2D eigenvalue weighted by molar-refractivity contribution is 6.23. The Kier molecular flexibility index (Phi) is 7.16. The number of hydrogen-bond donors (Lipinski definition) is 0. The Bertz CT molecular complexity index is 3510. The van der Waals surface area contributed by atoms with Crippen LogP contribution in [-0.2, 0) is 0 Å². The zero-order valence-corrected chi connectivity index (χ0v) is 31.2. The number of aromatic nitrogens is 4. The van der Waals surface area contributed by atoms with Crippen LogP contribution in [0.5, 0.6) is 0 Å². The molecule has 9 aromatic carbocycles. The maximum atomic E-state index is 6.49. The molecule has 0 unspecified atom stereocenters. The molecule has 0 radical (unpaired) electrons. The molecule has 5 heteroatoms. The molecule has 0 fully saturated rings. The Morgan fingerprint density at radius 2 is 0.931 bits per heavy atom. The summed E-state index contributed by atoms with van der Waals surface area (Å²) in [5.41, 5.74) is 9.85. The summed E-state index contributed by atoms with van der Waals surface area (Å²) in [5, 5.41) is 9.49. The van der Waals surface area contributed by atoms with Gasteiger partial charge in [0, 0.05) is 43.8 Å². The van der Waals surface area contributed by atoms with Gasteiger partial charge in [0.15, 0.2) is 17.5 Å². The molecule has 12 aromatic rings. The third-order valence-corrected chi connectivity index (χ3v) is 11.4. The maximum absolute atomic E-state index is 6.49. The van der Waals surface area contributed by atoms with E-state index in [4.69, 9.17) is 19.4 Å². The van der Waals surface area contributed by atoms with Crippen LogP contribution < -0.4 is 0 Å². The Balaban J connectivity index is 1.16. The highest BCUT2D eigenvalue weighted by atomic mass is 16.3. The van der Waals surface area contributed by atoms with Crippen molar-refractivity contribution in [1.29, 1.82) is 0 Å². The van der Waals surface area contributed by atoms with Gasteiger partial charge in [-0.05, 0) is 81.7 Å². The van der Waals surface area contributed by atoms with Crippen molar-refractivity contribution in [2.24, 2.45) is 0 Å². The fourth-order valence-corrected chi connectivity index (χ4v) is 8.66. The molecule has 0 aliphatic heterocycles. The van der Waals surface area contributed by atoms with Crippen molar-refractivity contribution in [1.82, 2.24) is 19.5 Å². The molecule has 0 bridgehead atoms. The smallest absolute Gasteiger partial charge is 0.164 e. The molecule has 0 amide bonds. The van der Waals surface area contributed by atoms with E-state index in [9.17, 15) is 0 Å². The van der Waals surface area contributed by atoms with Crippen LogP contribution in [0.3, 0.4) is 0 Å². The van der Waals surface area contributed by atoms with Crippen molar-refractivity contribution >= 4 is 65.3 Å². The monoisotopic (exact) mass is 740 g/mol. The summed E-state index contributed by atoms with van der Waals surface area (Å²) in [6.45, 7) is 0. The fraction of sp³-hybridized carbons (Fsp3) is 0. The molecule has 58 heavy (non-hydrogen) atoms. The van der Waals surface area contributed by atoms with E-state index in [0.29, 0.717) is 17.5 Å². The highest BCUT2D eigenvalue weighted by Gasteiger charge is 2.21. The molecule has 0 saturated heterocycles. The Morgan fingerprint density at radius 3 is 1.67 bits per heavy atom. The van der Waals surface area contributed by atoms with Gasteiger partial charge in [-0.3, -0.25) is 0 Å². The molecule has 0 saturated carbocycles. The molecule has 3 aromatic heterocycles. The largest absolute Gasteiger partial charge is 0.456 e. The lowest BCUT2D eigenvalue weighted by Gasteiger charge is -2.16. The van der Waals surface area contributed by atoms with Gasteiger partial charge < -0.3 is 8.98 Å². The summed E-state index contributed by atoms with van der Waals surface area (Å²) in [6.07, 6.45) is 0. The molecule has 0 aliphatic rings. The van der Waals surface area contributed by atoms with Gasteiger partial charge in [-0.15, -0.1) is 0 Å². The van der Waals surface area contributed by atoms with E-state index < -0.39 is 0 Å². The SMILES string of the molecule is c1ccc(-c2nc(-c3ccccc3)nc(-c3ccc(-n4c5cc6ccccc6cc5c5c6ccccc6ccc54)c(-c4ccc5c(c4)oc4ccccc45)c3)n2)cc1. The van der Waals surface area contributed by atoms with Gasteiger partial charge in [0.25, 0.3) is 0 Å². The van der Waals surface area contributed by atoms with Crippen LogP contribution in [0.1, 0.15) is 0 Å². The molecule has 0 atom stereocenters. The van der Waals surface area contributed by atoms with Gasteiger partial charge in [0.2, 0.25) is 0 Å². The van der Waals surface area contributed by atoms with Gasteiger partial charge in [-0.2, -0.15) is 0 Å².